The zero-order valence-corrected chi connectivity index (χ0v) is 12.5. The van der Waals surface area contributed by atoms with E-state index >= 15 is 0 Å². The van der Waals surface area contributed by atoms with Crippen LogP contribution >= 0.6 is 0 Å². The van der Waals surface area contributed by atoms with Crippen molar-refractivity contribution in [3.63, 3.8) is 0 Å². The van der Waals surface area contributed by atoms with E-state index in [0.717, 1.165) is 13.0 Å². The van der Waals surface area contributed by atoms with Crippen molar-refractivity contribution in [2.24, 2.45) is 5.41 Å². The van der Waals surface area contributed by atoms with Gasteiger partial charge in [-0.3, -0.25) is 0 Å². The van der Waals surface area contributed by atoms with Gasteiger partial charge in [0.25, 0.3) is 0 Å². The molecule has 0 radical (unpaired) electrons. The Labute approximate surface area is 118 Å². The molecule has 2 nitrogen and oxygen atoms in total. The van der Waals surface area contributed by atoms with Crippen LogP contribution in [0.1, 0.15) is 83.5 Å². The third-order valence-corrected chi connectivity index (χ3v) is 5.39. The smallest absolute Gasteiger partial charge is 0.120 e. The first kappa shape index (κ1) is 15.0. The maximum absolute atomic E-state index is 11.2. The van der Waals surface area contributed by atoms with Gasteiger partial charge < -0.3 is 10.1 Å². The van der Waals surface area contributed by atoms with E-state index in [9.17, 15) is 4.79 Å². The quantitative estimate of drug-likeness (QED) is 0.774. The molecule has 1 saturated carbocycles. The van der Waals surface area contributed by atoms with E-state index in [2.05, 4.69) is 5.32 Å². The molecule has 19 heavy (non-hydrogen) atoms. The second-order valence-corrected chi connectivity index (χ2v) is 6.71. The molecule has 110 valence electrons. The van der Waals surface area contributed by atoms with E-state index < -0.39 is 0 Å². The summed E-state index contributed by atoms with van der Waals surface area (Å²) in [5.41, 5.74) is 0.277. The highest BCUT2D eigenvalue weighted by Gasteiger charge is 2.37. The summed E-state index contributed by atoms with van der Waals surface area (Å²) in [6.45, 7) is 1.16. The summed E-state index contributed by atoms with van der Waals surface area (Å²) in [5, 5.41) is 3.81. The molecule has 2 rings (SSSR count). The van der Waals surface area contributed by atoms with Crippen LogP contribution in [0.25, 0.3) is 0 Å². The summed E-state index contributed by atoms with van der Waals surface area (Å²) in [4.78, 5) is 11.2. The fourth-order valence-electron chi connectivity index (χ4n) is 4.20. The predicted octanol–water partition coefficient (Wildman–Crippen LogP) is 4.23. The van der Waals surface area contributed by atoms with Crippen LogP contribution in [0.4, 0.5) is 0 Å². The highest BCUT2D eigenvalue weighted by molar-refractivity contribution is 5.51. The van der Waals surface area contributed by atoms with Crippen molar-refractivity contribution in [2.75, 3.05) is 6.54 Å². The number of carbonyl (C=O) groups is 1. The Morgan fingerprint density at radius 1 is 0.895 bits per heavy atom. The average Bonchev–Trinajstić information content (AvgIpc) is 2.33. The van der Waals surface area contributed by atoms with Crippen LogP contribution < -0.4 is 5.32 Å². The first-order chi connectivity index (χ1) is 9.37. The van der Waals surface area contributed by atoms with Crippen molar-refractivity contribution >= 4 is 6.29 Å². The van der Waals surface area contributed by atoms with Gasteiger partial charge in [-0.05, 0) is 37.6 Å². The van der Waals surface area contributed by atoms with Gasteiger partial charge in [0.1, 0.15) is 6.29 Å². The molecule has 2 aliphatic rings. The largest absolute Gasteiger partial charge is 0.313 e. The minimum atomic E-state index is 0.277. The topological polar surface area (TPSA) is 29.1 Å². The molecule has 0 aromatic carbocycles. The average molecular weight is 265 g/mol. The van der Waals surface area contributed by atoms with Crippen LogP contribution in [0, 0.1) is 5.41 Å². The Kier molecular flexibility index (Phi) is 6.36. The molecule has 1 N–H and O–H groups in total. The van der Waals surface area contributed by atoms with E-state index in [1.807, 2.05) is 0 Å². The van der Waals surface area contributed by atoms with Gasteiger partial charge in [-0.15, -0.1) is 0 Å². The second-order valence-electron chi connectivity index (χ2n) is 6.71. The molecule has 1 unspecified atom stereocenters. The van der Waals surface area contributed by atoms with Crippen molar-refractivity contribution in [1.82, 2.24) is 5.32 Å². The van der Waals surface area contributed by atoms with Crippen molar-refractivity contribution in [1.29, 1.82) is 0 Å². The van der Waals surface area contributed by atoms with Crippen molar-refractivity contribution < 1.29 is 4.79 Å². The molecule has 1 heterocycles. The minimum absolute atomic E-state index is 0.277. The Morgan fingerprint density at radius 2 is 1.53 bits per heavy atom. The van der Waals surface area contributed by atoms with Gasteiger partial charge >= 0.3 is 0 Å². The van der Waals surface area contributed by atoms with Gasteiger partial charge in [0.2, 0.25) is 0 Å². The fraction of sp³-hybridized carbons (Fsp3) is 0.941. The van der Waals surface area contributed by atoms with Crippen LogP contribution in [0.2, 0.25) is 0 Å². The van der Waals surface area contributed by atoms with Gasteiger partial charge in [0, 0.05) is 12.5 Å². The SMILES string of the molecule is O=CCC1(C2CCCCCCN2)CCCCCCC1. The van der Waals surface area contributed by atoms with Crippen LogP contribution in [0.3, 0.4) is 0 Å². The van der Waals surface area contributed by atoms with Crippen molar-refractivity contribution in [3.8, 4) is 0 Å². The van der Waals surface area contributed by atoms with Crippen LogP contribution in [-0.2, 0) is 4.79 Å². The molecule has 0 bridgehead atoms. The van der Waals surface area contributed by atoms with E-state index in [-0.39, 0.29) is 5.41 Å². The Bertz CT molecular complexity index is 248. The third kappa shape index (κ3) is 4.30. The highest BCUT2D eigenvalue weighted by Crippen LogP contribution is 2.41. The number of nitrogens with one attached hydrogen (secondary N) is 1. The molecule has 0 amide bonds. The first-order valence-electron chi connectivity index (χ1n) is 8.54. The van der Waals surface area contributed by atoms with E-state index in [1.165, 1.54) is 83.3 Å². The Hall–Kier alpha value is -0.370. The standard InChI is InChI=1S/C17H31NO/c19-15-13-17(11-7-3-1-4-8-12-17)16-10-6-2-5-9-14-18-16/h15-16,18H,1-14H2. The summed E-state index contributed by atoms with van der Waals surface area (Å²) < 4.78 is 0. The molecule has 1 aliphatic heterocycles. The molecule has 0 spiro atoms. The fourth-order valence-corrected chi connectivity index (χ4v) is 4.20. The lowest BCUT2D eigenvalue weighted by Gasteiger charge is -2.42. The molecule has 0 aromatic rings. The van der Waals surface area contributed by atoms with Crippen LogP contribution in [0.5, 0.6) is 0 Å². The molecular formula is C17H31NO. The van der Waals surface area contributed by atoms with Gasteiger partial charge in [-0.1, -0.05) is 51.4 Å². The third-order valence-electron chi connectivity index (χ3n) is 5.39. The maximum Gasteiger partial charge on any atom is 0.120 e. The Morgan fingerprint density at radius 3 is 2.26 bits per heavy atom. The van der Waals surface area contributed by atoms with Gasteiger partial charge in [0.15, 0.2) is 0 Å². The monoisotopic (exact) mass is 265 g/mol. The maximum atomic E-state index is 11.2. The minimum Gasteiger partial charge on any atom is -0.313 e. The zero-order valence-electron chi connectivity index (χ0n) is 12.5. The predicted molar refractivity (Wildman–Crippen MR) is 80.3 cm³/mol. The molecular weight excluding hydrogens is 234 g/mol. The number of hydrogen-bond donors (Lipinski definition) is 1. The van der Waals surface area contributed by atoms with Crippen LogP contribution in [-0.4, -0.2) is 18.9 Å². The van der Waals surface area contributed by atoms with Crippen LogP contribution in [0.15, 0.2) is 0 Å². The van der Waals surface area contributed by atoms with Crippen molar-refractivity contribution in [3.05, 3.63) is 0 Å². The molecule has 1 atom stereocenters. The lowest BCUT2D eigenvalue weighted by Crippen LogP contribution is -2.47. The molecule has 0 aromatic heterocycles. The highest BCUT2D eigenvalue weighted by atomic mass is 16.1. The summed E-state index contributed by atoms with van der Waals surface area (Å²) in [7, 11) is 0. The molecule has 2 fully saturated rings. The zero-order chi connectivity index (χ0) is 13.4. The van der Waals surface area contributed by atoms with E-state index in [0.29, 0.717) is 6.04 Å². The van der Waals surface area contributed by atoms with E-state index in [1.54, 1.807) is 0 Å². The summed E-state index contributed by atoms with van der Waals surface area (Å²) >= 11 is 0. The second kappa shape index (κ2) is 8.04. The van der Waals surface area contributed by atoms with E-state index in [4.69, 9.17) is 0 Å². The summed E-state index contributed by atoms with van der Waals surface area (Å²) in [6.07, 6.45) is 18.0. The number of rotatable bonds is 3. The number of hydrogen-bond acceptors (Lipinski definition) is 2. The molecule has 2 heteroatoms. The summed E-state index contributed by atoms with van der Waals surface area (Å²) in [6, 6.07) is 0.594. The Balaban J connectivity index is 2.06. The summed E-state index contributed by atoms with van der Waals surface area (Å²) in [5.74, 6) is 0. The number of carbonyl (C=O) groups excluding carboxylic acids is 1. The molecule has 1 saturated heterocycles. The van der Waals surface area contributed by atoms with Gasteiger partial charge in [0.05, 0.1) is 0 Å². The van der Waals surface area contributed by atoms with Gasteiger partial charge in [-0.2, -0.15) is 0 Å². The normalized spacial score (nSPS) is 29.6. The van der Waals surface area contributed by atoms with Gasteiger partial charge in [-0.25, -0.2) is 0 Å². The lowest BCUT2D eigenvalue weighted by molar-refractivity contribution is -0.110. The van der Waals surface area contributed by atoms with Crippen molar-refractivity contribution in [2.45, 2.75) is 89.5 Å². The number of aldehydes is 1. The molecule has 1 aliphatic carbocycles. The lowest BCUT2D eigenvalue weighted by atomic mass is 9.67. The first-order valence-corrected chi connectivity index (χ1v) is 8.54.